The molecule has 0 atom stereocenters. The normalized spacial score (nSPS) is 12.0. The zero-order valence-electron chi connectivity index (χ0n) is 10.8. The highest BCUT2D eigenvalue weighted by molar-refractivity contribution is 6.31. The zero-order chi connectivity index (χ0) is 14.1. The Balaban J connectivity index is 2.28. The molecule has 3 nitrogen and oxygen atoms in total. The Bertz CT molecular complexity index is 835. The van der Waals surface area contributed by atoms with Crippen molar-refractivity contribution < 1.29 is 9.62 Å². The average Bonchev–Trinajstić information content (AvgIpc) is 2.47. The minimum atomic E-state index is 0.435. The predicted octanol–water partition coefficient (Wildman–Crippen LogP) is 4.35. The molecule has 0 amide bonds. The fraction of sp³-hybridized carbons (Fsp3) is 0.0625. The quantitative estimate of drug-likeness (QED) is 0.533. The average molecular weight is 286 g/mol. The van der Waals surface area contributed by atoms with Gasteiger partial charge in [-0.05, 0) is 25.1 Å². The van der Waals surface area contributed by atoms with E-state index in [0.29, 0.717) is 27.1 Å². The molecule has 4 heteroatoms. The van der Waals surface area contributed by atoms with Crippen LogP contribution < -0.4 is 5.36 Å². The molecule has 0 fully saturated rings. The molecular formula is C16H12ClNO2. The lowest BCUT2D eigenvalue weighted by atomic mass is 10.1. The van der Waals surface area contributed by atoms with E-state index in [1.165, 1.54) is 5.56 Å². The van der Waals surface area contributed by atoms with Crippen LogP contribution in [0.1, 0.15) is 5.56 Å². The van der Waals surface area contributed by atoms with Gasteiger partial charge in [0.2, 0.25) is 0 Å². The first-order chi connectivity index (χ1) is 9.67. The number of rotatable bonds is 1. The van der Waals surface area contributed by atoms with Gasteiger partial charge < -0.3 is 9.62 Å². The summed E-state index contributed by atoms with van der Waals surface area (Å²) in [5, 5.41) is 14.2. The Kier molecular flexibility index (Phi) is 3.20. The minimum Gasteiger partial charge on any atom is -0.456 e. The highest BCUT2D eigenvalue weighted by Crippen LogP contribution is 2.24. The Morgan fingerprint density at radius 1 is 1.05 bits per heavy atom. The highest BCUT2D eigenvalue weighted by Gasteiger charge is 2.06. The van der Waals surface area contributed by atoms with Crippen molar-refractivity contribution in [1.29, 1.82) is 0 Å². The lowest BCUT2D eigenvalue weighted by Gasteiger charge is -2.05. The van der Waals surface area contributed by atoms with Gasteiger partial charge in [0, 0.05) is 22.0 Å². The summed E-state index contributed by atoms with van der Waals surface area (Å²) >= 11 is 5.96. The van der Waals surface area contributed by atoms with Gasteiger partial charge in [-0.1, -0.05) is 46.6 Å². The van der Waals surface area contributed by atoms with Crippen molar-refractivity contribution in [2.45, 2.75) is 6.92 Å². The number of halogens is 1. The first-order valence-electron chi connectivity index (χ1n) is 6.16. The molecule has 2 aromatic carbocycles. The van der Waals surface area contributed by atoms with Gasteiger partial charge in [-0.15, -0.1) is 0 Å². The molecule has 0 saturated carbocycles. The van der Waals surface area contributed by atoms with Crippen molar-refractivity contribution in [2.75, 3.05) is 0 Å². The molecular weight excluding hydrogens is 274 g/mol. The predicted molar refractivity (Wildman–Crippen MR) is 78.7 cm³/mol. The van der Waals surface area contributed by atoms with E-state index in [9.17, 15) is 5.21 Å². The summed E-state index contributed by atoms with van der Waals surface area (Å²) in [4.78, 5) is 0. The van der Waals surface area contributed by atoms with Crippen LogP contribution in [0.15, 0.2) is 58.1 Å². The maximum Gasteiger partial charge on any atom is 0.137 e. The molecule has 0 saturated heterocycles. The number of hydrogen-bond donors (Lipinski definition) is 1. The standard InChI is InChI=1S/C16H12ClNO2/c1-10-2-4-11(5-3-10)16-9-14(18-19)13-8-12(17)6-7-15(13)20-16/h2-9,19H,1H3/b18-14+. The first-order valence-corrected chi connectivity index (χ1v) is 6.54. The highest BCUT2D eigenvalue weighted by atomic mass is 35.5. The monoisotopic (exact) mass is 285 g/mol. The van der Waals surface area contributed by atoms with Gasteiger partial charge in [-0.3, -0.25) is 0 Å². The number of nitrogens with zero attached hydrogens (tertiary/aromatic N) is 1. The van der Waals surface area contributed by atoms with Crippen molar-refractivity contribution in [1.82, 2.24) is 0 Å². The van der Waals surface area contributed by atoms with Gasteiger partial charge in [0.15, 0.2) is 0 Å². The van der Waals surface area contributed by atoms with E-state index >= 15 is 0 Å². The molecule has 20 heavy (non-hydrogen) atoms. The molecule has 0 aliphatic heterocycles. The molecule has 1 heterocycles. The van der Waals surface area contributed by atoms with Gasteiger partial charge in [-0.25, -0.2) is 0 Å². The Morgan fingerprint density at radius 3 is 2.50 bits per heavy atom. The first kappa shape index (κ1) is 12.8. The van der Waals surface area contributed by atoms with Crippen LogP contribution in [0.2, 0.25) is 5.02 Å². The second kappa shape index (κ2) is 5.02. The third-order valence-electron chi connectivity index (χ3n) is 3.15. The Morgan fingerprint density at radius 2 is 1.80 bits per heavy atom. The van der Waals surface area contributed by atoms with Crippen LogP contribution >= 0.6 is 11.6 Å². The maximum absolute atomic E-state index is 9.18. The SMILES string of the molecule is Cc1ccc(-c2c/c(=N\O)c3cc(Cl)ccc3o2)cc1. The fourth-order valence-corrected chi connectivity index (χ4v) is 2.26. The van der Waals surface area contributed by atoms with Crippen molar-refractivity contribution in [3.05, 3.63) is 64.5 Å². The maximum atomic E-state index is 9.18. The van der Waals surface area contributed by atoms with E-state index in [1.54, 1.807) is 24.3 Å². The largest absolute Gasteiger partial charge is 0.456 e. The van der Waals surface area contributed by atoms with Gasteiger partial charge >= 0.3 is 0 Å². The second-order valence-corrected chi connectivity index (χ2v) is 5.04. The Hall–Kier alpha value is -2.26. The summed E-state index contributed by atoms with van der Waals surface area (Å²) in [5.74, 6) is 0.646. The number of fused-ring (bicyclic) bond motifs is 1. The van der Waals surface area contributed by atoms with E-state index in [4.69, 9.17) is 16.0 Å². The van der Waals surface area contributed by atoms with Crippen LogP contribution in [-0.4, -0.2) is 5.21 Å². The van der Waals surface area contributed by atoms with Gasteiger partial charge in [0.05, 0.1) is 0 Å². The molecule has 3 rings (SSSR count). The molecule has 0 aliphatic rings. The van der Waals surface area contributed by atoms with Crippen molar-refractivity contribution in [2.24, 2.45) is 5.16 Å². The van der Waals surface area contributed by atoms with Crippen LogP contribution in [0, 0.1) is 6.92 Å². The molecule has 0 bridgehead atoms. The molecule has 0 aliphatic carbocycles. The smallest absolute Gasteiger partial charge is 0.137 e. The molecule has 3 aromatic rings. The summed E-state index contributed by atoms with van der Waals surface area (Å²) < 4.78 is 5.86. The van der Waals surface area contributed by atoms with E-state index in [0.717, 1.165) is 5.56 Å². The lowest BCUT2D eigenvalue weighted by molar-refractivity contribution is 0.302. The van der Waals surface area contributed by atoms with Crippen LogP contribution in [0.25, 0.3) is 22.3 Å². The van der Waals surface area contributed by atoms with Gasteiger partial charge in [0.25, 0.3) is 0 Å². The van der Waals surface area contributed by atoms with Crippen LogP contribution in [-0.2, 0) is 0 Å². The van der Waals surface area contributed by atoms with Crippen molar-refractivity contribution in [3.8, 4) is 11.3 Å². The topological polar surface area (TPSA) is 45.7 Å². The van der Waals surface area contributed by atoms with E-state index < -0.39 is 0 Å². The minimum absolute atomic E-state index is 0.435. The summed E-state index contributed by atoms with van der Waals surface area (Å²) in [7, 11) is 0. The summed E-state index contributed by atoms with van der Waals surface area (Å²) in [5.41, 5.74) is 2.73. The molecule has 0 spiro atoms. The van der Waals surface area contributed by atoms with Gasteiger partial charge in [0.1, 0.15) is 16.7 Å². The number of hydrogen-bond acceptors (Lipinski definition) is 3. The lowest BCUT2D eigenvalue weighted by Crippen LogP contribution is -2.03. The zero-order valence-corrected chi connectivity index (χ0v) is 11.6. The van der Waals surface area contributed by atoms with E-state index in [-0.39, 0.29) is 0 Å². The van der Waals surface area contributed by atoms with Crippen LogP contribution in [0.5, 0.6) is 0 Å². The third kappa shape index (κ3) is 2.28. The number of aryl methyl sites for hydroxylation is 1. The molecule has 1 aromatic heterocycles. The van der Waals surface area contributed by atoms with E-state index in [1.807, 2.05) is 31.2 Å². The van der Waals surface area contributed by atoms with Gasteiger partial charge in [-0.2, -0.15) is 0 Å². The summed E-state index contributed by atoms with van der Waals surface area (Å²) in [6, 6.07) is 14.9. The Labute approximate surface area is 120 Å². The molecule has 1 N–H and O–H groups in total. The fourth-order valence-electron chi connectivity index (χ4n) is 2.08. The molecule has 0 radical (unpaired) electrons. The van der Waals surface area contributed by atoms with Crippen molar-refractivity contribution in [3.63, 3.8) is 0 Å². The third-order valence-corrected chi connectivity index (χ3v) is 3.38. The molecule has 100 valence electrons. The summed E-state index contributed by atoms with van der Waals surface area (Å²) in [6.45, 7) is 2.03. The van der Waals surface area contributed by atoms with Crippen LogP contribution in [0.4, 0.5) is 0 Å². The van der Waals surface area contributed by atoms with Crippen molar-refractivity contribution >= 4 is 22.6 Å². The molecule has 0 unspecified atom stereocenters. The van der Waals surface area contributed by atoms with Crippen LogP contribution in [0.3, 0.4) is 0 Å². The van der Waals surface area contributed by atoms with E-state index in [2.05, 4.69) is 5.16 Å². The number of benzene rings is 2. The second-order valence-electron chi connectivity index (χ2n) is 4.60. The summed E-state index contributed by atoms with van der Waals surface area (Å²) in [6.07, 6.45) is 0.